The van der Waals surface area contributed by atoms with Crippen LogP contribution < -0.4 is 4.90 Å². The highest BCUT2D eigenvalue weighted by Gasteiger charge is 2.59. The molecule has 1 aliphatic heterocycles. The Labute approximate surface area is 297 Å². The second kappa shape index (κ2) is 10.8. The normalized spacial score (nSPS) is 20.0. The Morgan fingerprint density at radius 1 is 0.500 bits per heavy atom. The Bertz CT molecular complexity index is 2770. The number of anilines is 2. The Balaban J connectivity index is 1.20. The number of nitrogens with zero attached hydrogens (tertiary/aromatic N) is 1. The SMILES string of the molecule is CC12CCCCC1(C)N(c1c(F)c(F)c(F)c(F)c1F)c1ccc(-c3ccc4ccc5c(-c6cccc7ccccc67)ccc6ccc3c4c65)cc12. The molecule has 0 bridgehead atoms. The van der Waals surface area contributed by atoms with E-state index in [4.69, 9.17) is 0 Å². The maximum Gasteiger partial charge on any atom is 0.200 e. The van der Waals surface area contributed by atoms with Crippen molar-refractivity contribution in [2.75, 3.05) is 4.90 Å². The first-order valence-electron chi connectivity index (χ1n) is 17.8. The Hall–Kier alpha value is -5.49. The summed E-state index contributed by atoms with van der Waals surface area (Å²) >= 11 is 0. The van der Waals surface area contributed by atoms with Crippen LogP contribution in [0, 0.1) is 29.1 Å². The van der Waals surface area contributed by atoms with Crippen molar-refractivity contribution in [1.29, 1.82) is 0 Å². The molecule has 0 radical (unpaired) electrons. The van der Waals surface area contributed by atoms with E-state index in [2.05, 4.69) is 104 Å². The fourth-order valence-electron chi connectivity index (χ4n) is 9.79. The summed E-state index contributed by atoms with van der Waals surface area (Å²) in [6, 6.07) is 38.0. The summed E-state index contributed by atoms with van der Waals surface area (Å²) in [5.41, 5.74) is 3.17. The first-order chi connectivity index (χ1) is 25.1. The molecule has 0 amide bonds. The van der Waals surface area contributed by atoms with E-state index < -0.39 is 45.7 Å². The molecule has 8 aromatic rings. The van der Waals surface area contributed by atoms with Gasteiger partial charge in [0.1, 0.15) is 5.69 Å². The highest BCUT2D eigenvalue weighted by atomic mass is 19.2. The largest absolute Gasteiger partial charge is 0.329 e. The first kappa shape index (κ1) is 31.3. The van der Waals surface area contributed by atoms with Crippen molar-refractivity contribution in [2.45, 2.75) is 50.5 Å². The first-order valence-corrected chi connectivity index (χ1v) is 17.8. The van der Waals surface area contributed by atoms with Gasteiger partial charge in [0.05, 0.1) is 5.54 Å². The van der Waals surface area contributed by atoms with Gasteiger partial charge in [-0.25, -0.2) is 22.0 Å². The molecular formula is C46H32F5N. The van der Waals surface area contributed by atoms with Crippen LogP contribution in [0.3, 0.4) is 0 Å². The van der Waals surface area contributed by atoms with E-state index in [0.717, 1.165) is 51.1 Å². The molecule has 1 aliphatic carbocycles. The lowest BCUT2D eigenvalue weighted by Gasteiger charge is -2.50. The Kier molecular flexibility index (Phi) is 6.47. The zero-order valence-electron chi connectivity index (χ0n) is 28.6. The fraction of sp³-hybridized carbons (Fsp3) is 0.174. The fourth-order valence-corrected chi connectivity index (χ4v) is 9.79. The Morgan fingerprint density at radius 3 is 1.81 bits per heavy atom. The van der Waals surface area contributed by atoms with Crippen LogP contribution in [0.1, 0.15) is 45.1 Å². The highest BCUT2D eigenvalue weighted by Crippen LogP contribution is 2.62. The maximum atomic E-state index is 15.6. The molecule has 0 saturated heterocycles. The van der Waals surface area contributed by atoms with Gasteiger partial charge in [-0.05, 0) is 103 Å². The molecule has 2 unspecified atom stereocenters. The molecule has 2 aliphatic rings. The van der Waals surface area contributed by atoms with E-state index in [1.807, 2.05) is 13.0 Å². The number of benzene rings is 8. The summed E-state index contributed by atoms with van der Waals surface area (Å²) in [7, 11) is 0. The van der Waals surface area contributed by atoms with Crippen LogP contribution in [0.15, 0.2) is 109 Å². The van der Waals surface area contributed by atoms with Crippen molar-refractivity contribution in [2.24, 2.45) is 0 Å². The van der Waals surface area contributed by atoms with Gasteiger partial charge >= 0.3 is 0 Å². The van der Waals surface area contributed by atoms with Crippen LogP contribution in [0.5, 0.6) is 0 Å². The molecule has 256 valence electrons. The molecule has 1 saturated carbocycles. The molecule has 0 spiro atoms. The van der Waals surface area contributed by atoms with E-state index in [-0.39, 0.29) is 0 Å². The maximum absolute atomic E-state index is 15.6. The molecular weight excluding hydrogens is 662 g/mol. The molecule has 0 aromatic heterocycles. The van der Waals surface area contributed by atoms with Gasteiger partial charge in [0, 0.05) is 11.1 Å². The lowest BCUT2D eigenvalue weighted by atomic mass is 9.61. The lowest BCUT2D eigenvalue weighted by Crippen LogP contribution is -2.55. The van der Waals surface area contributed by atoms with Gasteiger partial charge in [-0.3, -0.25) is 0 Å². The van der Waals surface area contributed by atoms with Crippen LogP contribution in [0.4, 0.5) is 33.3 Å². The van der Waals surface area contributed by atoms with Crippen molar-refractivity contribution >= 4 is 54.5 Å². The van der Waals surface area contributed by atoms with Crippen molar-refractivity contribution in [3.8, 4) is 22.3 Å². The third-order valence-corrected chi connectivity index (χ3v) is 12.6. The minimum atomic E-state index is -2.15. The van der Waals surface area contributed by atoms with Crippen LogP contribution >= 0.6 is 0 Å². The molecule has 1 nitrogen and oxygen atoms in total. The minimum absolute atomic E-state index is 0.469. The monoisotopic (exact) mass is 693 g/mol. The van der Waals surface area contributed by atoms with Crippen molar-refractivity contribution < 1.29 is 22.0 Å². The average Bonchev–Trinajstić information content (AvgIpc) is 3.37. The summed E-state index contributed by atoms with van der Waals surface area (Å²) < 4.78 is 74.7. The van der Waals surface area contributed by atoms with E-state index in [0.29, 0.717) is 18.5 Å². The van der Waals surface area contributed by atoms with Crippen molar-refractivity contribution in [3.05, 3.63) is 144 Å². The summed E-state index contributed by atoms with van der Waals surface area (Å²) in [6.45, 7) is 3.97. The van der Waals surface area contributed by atoms with Crippen LogP contribution in [-0.4, -0.2) is 5.54 Å². The van der Waals surface area contributed by atoms with Gasteiger partial charge in [0.15, 0.2) is 23.3 Å². The van der Waals surface area contributed by atoms with E-state index in [1.165, 1.54) is 37.6 Å². The van der Waals surface area contributed by atoms with E-state index in [9.17, 15) is 13.2 Å². The number of fused-ring (bicyclic) bond motifs is 4. The third-order valence-electron chi connectivity index (χ3n) is 12.6. The van der Waals surface area contributed by atoms with Gasteiger partial charge in [-0.2, -0.15) is 0 Å². The third kappa shape index (κ3) is 3.93. The second-order valence-electron chi connectivity index (χ2n) is 15.0. The molecule has 2 atom stereocenters. The molecule has 10 rings (SSSR count). The van der Waals surface area contributed by atoms with E-state index in [1.54, 1.807) is 6.07 Å². The smallest absolute Gasteiger partial charge is 0.200 e. The van der Waals surface area contributed by atoms with Crippen molar-refractivity contribution in [1.82, 2.24) is 0 Å². The van der Waals surface area contributed by atoms with Gasteiger partial charge < -0.3 is 4.90 Å². The standard InChI is InChI=1S/C46H32F5N/c1-45-22-5-6-23-46(45,2)52(44-42(50)40(48)39(47)41(49)43(44)51)36-21-16-28(24-35(36)45)30-17-12-26-15-20-34-32(18-13-27-14-19-33(30)37(26)38(27)34)31-11-7-9-25-8-3-4-10-29(25)31/h3-4,7-21,24H,5-6,22-23H2,1-2H3. The zero-order valence-corrected chi connectivity index (χ0v) is 28.6. The summed E-state index contributed by atoms with van der Waals surface area (Å²) in [5, 5.41) is 9.25. The van der Waals surface area contributed by atoms with Crippen LogP contribution in [0.25, 0.3) is 65.3 Å². The van der Waals surface area contributed by atoms with Crippen LogP contribution in [0.2, 0.25) is 0 Å². The quantitative estimate of drug-likeness (QED) is 0.0771. The summed E-state index contributed by atoms with van der Waals surface area (Å²) in [5.74, 6) is -9.63. The molecule has 52 heavy (non-hydrogen) atoms. The topological polar surface area (TPSA) is 3.24 Å². The van der Waals surface area contributed by atoms with Gasteiger partial charge in [-0.1, -0.05) is 117 Å². The summed E-state index contributed by atoms with van der Waals surface area (Å²) in [4.78, 5) is 1.40. The van der Waals surface area contributed by atoms with E-state index >= 15 is 8.78 Å². The van der Waals surface area contributed by atoms with Gasteiger partial charge in [0.2, 0.25) is 5.82 Å². The van der Waals surface area contributed by atoms with Crippen LogP contribution in [-0.2, 0) is 5.41 Å². The number of halogens is 5. The Morgan fingerprint density at radius 2 is 1.08 bits per heavy atom. The average molecular weight is 694 g/mol. The molecule has 1 heterocycles. The number of hydrogen-bond donors (Lipinski definition) is 0. The van der Waals surface area contributed by atoms with Gasteiger partial charge in [0.25, 0.3) is 0 Å². The molecule has 1 fully saturated rings. The second-order valence-corrected chi connectivity index (χ2v) is 15.0. The predicted molar refractivity (Wildman–Crippen MR) is 201 cm³/mol. The molecule has 0 N–H and O–H groups in total. The minimum Gasteiger partial charge on any atom is -0.329 e. The number of hydrogen-bond acceptors (Lipinski definition) is 1. The number of rotatable bonds is 3. The van der Waals surface area contributed by atoms with Crippen molar-refractivity contribution in [3.63, 3.8) is 0 Å². The highest BCUT2D eigenvalue weighted by molar-refractivity contribution is 6.28. The summed E-state index contributed by atoms with van der Waals surface area (Å²) in [6.07, 6.45) is 2.90. The molecule has 6 heteroatoms. The molecule has 8 aromatic carbocycles. The van der Waals surface area contributed by atoms with Gasteiger partial charge in [-0.15, -0.1) is 0 Å². The zero-order chi connectivity index (χ0) is 35.7. The predicted octanol–water partition coefficient (Wildman–Crippen LogP) is 13.5. The lowest BCUT2D eigenvalue weighted by molar-refractivity contribution is 0.192.